The highest BCUT2D eigenvalue weighted by molar-refractivity contribution is 5.79. The molecule has 16 heavy (non-hydrogen) atoms. The van der Waals surface area contributed by atoms with Crippen LogP contribution in [-0.4, -0.2) is 27.7 Å². The molecule has 90 valence electrons. The predicted octanol–water partition coefficient (Wildman–Crippen LogP) is 0.944. The number of aryl methyl sites for hydroxylation is 1. The molecular weight excluding hydrogens is 206 g/mol. The van der Waals surface area contributed by atoms with E-state index in [1.54, 1.807) is 26.4 Å². The van der Waals surface area contributed by atoms with Crippen molar-refractivity contribution in [2.75, 3.05) is 6.61 Å². The minimum Gasteiger partial charge on any atom is -0.465 e. The number of carbonyl (C=O) groups excluding carboxylic acids is 1. The second kappa shape index (κ2) is 5.65. The molecule has 1 atom stereocenters. The van der Waals surface area contributed by atoms with Crippen LogP contribution in [0.1, 0.15) is 26.7 Å². The van der Waals surface area contributed by atoms with Crippen molar-refractivity contribution in [1.29, 1.82) is 0 Å². The van der Waals surface area contributed by atoms with Crippen LogP contribution >= 0.6 is 0 Å². The zero-order valence-corrected chi connectivity index (χ0v) is 9.85. The van der Waals surface area contributed by atoms with Crippen LogP contribution in [0.4, 0.5) is 0 Å². The SMILES string of the molecule is CCOC(=O)C(C)(N)CCCn1ccnc1. The molecule has 0 aliphatic carbocycles. The summed E-state index contributed by atoms with van der Waals surface area (Å²) in [6, 6.07) is 0. The molecule has 1 aromatic rings. The minimum atomic E-state index is -0.892. The van der Waals surface area contributed by atoms with E-state index in [0.29, 0.717) is 13.0 Å². The van der Waals surface area contributed by atoms with Gasteiger partial charge in [-0.3, -0.25) is 4.79 Å². The first kappa shape index (κ1) is 12.7. The molecule has 5 heteroatoms. The maximum absolute atomic E-state index is 11.5. The van der Waals surface area contributed by atoms with Crippen molar-refractivity contribution in [3.63, 3.8) is 0 Å². The highest BCUT2D eigenvalue weighted by atomic mass is 16.5. The van der Waals surface area contributed by atoms with Gasteiger partial charge in [0.1, 0.15) is 5.54 Å². The lowest BCUT2D eigenvalue weighted by molar-refractivity contribution is -0.149. The highest BCUT2D eigenvalue weighted by Gasteiger charge is 2.29. The Bertz CT molecular complexity index is 320. The van der Waals surface area contributed by atoms with Gasteiger partial charge in [0.15, 0.2) is 0 Å². The fourth-order valence-electron chi connectivity index (χ4n) is 1.45. The van der Waals surface area contributed by atoms with E-state index in [-0.39, 0.29) is 5.97 Å². The first-order chi connectivity index (χ1) is 7.56. The second-order valence-electron chi connectivity index (χ2n) is 4.04. The largest absolute Gasteiger partial charge is 0.465 e. The lowest BCUT2D eigenvalue weighted by atomic mass is 9.97. The van der Waals surface area contributed by atoms with Gasteiger partial charge in [-0.2, -0.15) is 0 Å². The van der Waals surface area contributed by atoms with Crippen LogP contribution in [0.15, 0.2) is 18.7 Å². The van der Waals surface area contributed by atoms with Crippen molar-refractivity contribution in [3.8, 4) is 0 Å². The Hall–Kier alpha value is -1.36. The molecule has 0 fully saturated rings. The maximum Gasteiger partial charge on any atom is 0.325 e. The van der Waals surface area contributed by atoms with E-state index < -0.39 is 5.54 Å². The Balaban J connectivity index is 2.33. The zero-order chi connectivity index (χ0) is 12.0. The van der Waals surface area contributed by atoms with Gasteiger partial charge in [-0.05, 0) is 26.7 Å². The van der Waals surface area contributed by atoms with Crippen molar-refractivity contribution < 1.29 is 9.53 Å². The smallest absolute Gasteiger partial charge is 0.325 e. The molecule has 0 bridgehead atoms. The Morgan fingerprint density at radius 1 is 1.62 bits per heavy atom. The van der Waals surface area contributed by atoms with Gasteiger partial charge in [0.05, 0.1) is 12.9 Å². The standard InChI is InChI=1S/C11H19N3O2/c1-3-16-10(15)11(2,12)5-4-7-14-8-6-13-9-14/h6,8-9H,3-5,7,12H2,1-2H3. The molecule has 0 amide bonds. The van der Waals surface area contributed by atoms with Gasteiger partial charge in [-0.25, -0.2) is 4.98 Å². The molecule has 0 saturated carbocycles. The molecule has 1 heterocycles. The van der Waals surface area contributed by atoms with E-state index in [0.717, 1.165) is 13.0 Å². The van der Waals surface area contributed by atoms with E-state index in [1.165, 1.54) is 0 Å². The van der Waals surface area contributed by atoms with Crippen LogP contribution < -0.4 is 5.73 Å². The molecular formula is C11H19N3O2. The molecule has 1 unspecified atom stereocenters. The third kappa shape index (κ3) is 3.66. The average molecular weight is 225 g/mol. The summed E-state index contributed by atoms with van der Waals surface area (Å²) in [6.45, 7) is 4.66. The fraction of sp³-hybridized carbons (Fsp3) is 0.636. The molecule has 0 saturated heterocycles. The summed E-state index contributed by atoms with van der Waals surface area (Å²) in [4.78, 5) is 15.4. The number of imidazole rings is 1. The first-order valence-corrected chi connectivity index (χ1v) is 5.48. The molecule has 0 spiro atoms. The van der Waals surface area contributed by atoms with Crippen LogP contribution in [0.25, 0.3) is 0 Å². The number of carbonyl (C=O) groups is 1. The summed E-state index contributed by atoms with van der Waals surface area (Å²) in [7, 11) is 0. The molecule has 1 aromatic heterocycles. The van der Waals surface area contributed by atoms with Gasteiger partial charge in [0.25, 0.3) is 0 Å². The Morgan fingerprint density at radius 3 is 2.94 bits per heavy atom. The molecule has 0 aromatic carbocycles. The quantitative estimate of drug-likeness (QED) is 0.731. The lowest BCUT2D eigenvalue weighted by Crippen LogP contribution is -2.46. The van der Waals surface area contributed by atoms with Gasteiger partial charge < -0.3 is 15.0 Å². The van der Waals surface area contributed by atoms with Crippen LogP contribution in [0.3, 0.4) is 0 Å². The topological polar surface area (TPSA) is 70.1 Å². The zero-order valence-electron chi connectivity index (χ0n) is 9.85. The number of ether oxygens (including phenoxy) is 1. The number of rotatable bonds is 6. The van der Waals surface area contributed by atoms with Crippen molar-refractivity contribution in [3.05, 3.63) is 18.7 Å². The highest BCUT2D eigenvalue weighted by Crippen LogP contribution is 2.12. The Kier molecular flexibility index (Phi) is 4.49. The molecule has 0 radical (unpaired) electrons. The van der Waals surface area contributed by atoms with Gasteiger partial charge in [0, 0.05) is 18.9 Å². The third-order valence-electron chi connectivity index (χ3n) is 2.41. The first-order valence-electron chi connectivity index (χ1n) is 5.48. The monoisotopic (exact) mass is 225 g/mol. The molecule has 1 rings (SSSR count). The van der Waals surface area contributed by atoms with Crippen LogP contribution in [-0.2, 0) is 16.1 Å². The van der Waals surface area contributed by atoms with E-state index in [1.807, 2.05) is 10.8 Å². The van der Waals surface area contributed by atoms with Crippen molar-refractivity contribution in [2.24, 2.45) is 5.73 Å². The van der Waals surface area contributed by atoms with E-state index in [4.69, 9.17) is 10.5 Å². The Morgan fingerprint density at radius 2 is 2.38 bits per heavy atom. The number of hydrogen-bond donors (Lipinski definition) is 1. The summed E-state index contributed by atoms with van der Waals surface area (Å²) < 4.78 is 6.87. The molecule has 2 N–H and O–H groups in total. The van der Waals surface area contributed by atoms with Gasteiger partial charge in [-0.15, -0.1) is 0 Å². The number of esters is 1. The maximum atomic E-state index is 11.5. The fourth-order valence-corrected chi connectivity index (χ4v) is 1.45. The predicted molar refractivity (Wildman–Crippen MR) is 60.7 cm³/mol. The summed E-state index contributed by atoms with van der Waals surface area (Å²) in [5.41, 5.74) is 4.99. The normalized spacial score (nSPS) is 14.4. The van der Waals surface area contributed by atoms with Gasteiger partial charge >= 0.3 is 5.97 Å². The van der Waals surface area contributed by atoms with Crippen LogP contribution in [0.2, 0.25) is 0 Å². The summed E-state index contributed by atoms with van der Waals surface area (Å²) >= 11 is 0. The second-order valence-corrected chi connectivity index (χ2v) is 4.04. The number of nitrogens with zero attached hydrogens (tertiary/aromatic N) is 2. The molecule has 0 aliphatic heterocycles. The average Bonchev–Trinajstić information content (AvgIpc) is 2.70. The van der Waals surface area contributed by atoms with Crippen molar-refractivity contribution in [1.82, 2.24) is 9.55 Å². The third-order valence-corrected chi connectivity index (χ3v) is 2.41. The summed E-state index contributed by atoms with van der Waals surface area (Å²) in [5.74, 6) is -0.333. The van der Waals surface area contributed by atoms with E-state index >= 15 is 0 Å². The van der Waals surface area contributed by atoms with E-state index in [2.05, 4.69) is 4.98 Å². The van der Waals surface area contributed by atoms with Crippen LogP contribution in [0.5, 0.6) is 0 Å². The molecule has 0 aliphatic rings. The summed E-state index contributed by atoms with van der Waals surface area (Å²) in [6.07, 6.45) is 6.79. The lowest BCUT2D eigenvalue weighted by Gasteiger charge is -2.21. The Labute approximate surface area is 95.6 Å². The van der Waals surface area contributed by atoms with Gasteiger partial charge in [0.2, 0.25) is 0 Å². The van der Waals surface area contributed by atoms with Crippen LogP contribution in [0, 0.1) is 0 Å². The number of aromatic nitrogens is 2. The molecule has 5 nitrogen and oxygen atoms in total. The van der Waals surface area contributed by atoms with E-state index in [9.17, 15) is 4.79 Å². The van der Waals surface area contributed by atoms with Gasteiger partial charge in [-0.1, -0.05) is 0 Å². The van der Waals surface area contributed by atoms with Crippen molar-refractivity contribution >= 4 is 5.97 Å². The van der Waals surface area contributed by atoms with Crippen molar-refractivity contribution in [2.45, 2.75) is 38.8 Å². The summed E-state index contributed by atoms with van der Waals surface area (Å²) in [5, 5.41) is 0. The number of nitrogens with two attached hydrogens (primary N) is 1. The minimum absolute atomic E-state index is 0.333. The number of hydrogen-bond acceptors (Lipinski definition) is 4.